The van der Waals surface area contributed by atoms with E-state index < -0.39 is 5.54 Å². The smallest absolute Gasteiger partial charge is 0.248 e. The van der Waals surface area contributed by atoms with E-state index in [-0.39, 0.29) is 29.6 Å². The lowest BCUT2D eigenvalue weighted by Gasteiger charge is -2.44. The SMILES string of the molecule is CCC1C(=O)NC(C)(CC)C(=O)N1CC1CCC(C)(C)O1. The zero-order valence-corrected chi connectivity index (χ0v) is 13.9. The van der Waals surface area contributed by atoms with Crippen molar-refractivity contribution in [3.63, 3.8) is 0 Å². The Kier molecular flexibility index (Phi) is 4.34. The minimum atomic E-state index is -0.781. The van der Waals surface area contributed by atoms with Crippen molar-refractivity contribution in [1.29, 1.82) is 0 Å². The van der Waals surface area contributed by atoms with Crippen LogP contribution < -0.4 is 5.32 Å². The zero-order valence-electron chi connectivity index (χ0n) is 13.9. The Morgan fingerprint density at radius 2 is 1.95 bits per heavy atom. The third kappa shape index (κ3) is 3.07. The Labute approximate surface area is 127 Å². The van der Waals surface area contributed by atoms with Gasteiger partial charge in [0.25, 0.3) is 0 Å². The van der Waals surface area contributed by atoms with Crippen LogP contribution in [0, 0.1) is 0 Å². The first-order chi connectivity index (χ1) is 9.72. The summed E-state index contributed by atoms with van der Waals surface area (Å²) < 4.78 is 6.00. The number of amides is 2. The fraction of sp³-hybridized carbons (Fsp3) is 0.875. The summed E-state index contributed by atoms with van der Waals surface area (Å²) in [6.07, 6.45) is 3.20. The van der Waals surface area contributed by atoms with Gasteiger partial charge in [0.15, 0.2) is 0 Å². The molecule has 2 heterocycles. The lowest BCUT2D eigenvalue weighted by Crippen LogP contribution is -2.69. The topological polar surface area (TPSA) is 58.6 Å². The normalized spacial score (nSPS) is 36.0. The van der Waals surface area contributed by atoms with E-state index in [0.717, 1.165) is 12.8 Å². The fourth-order valence-corrected chi connectivity index (χ4v) is 3.29. The van der Waals surface area contributed by atoms with Crippen LogP contribution in [-0.4, -0.2) is 46.5 Å². The lowest BCUT2D eigenvalue weighted by molar-refractivity contribution is -0.157. The molecule has 2 rings (SSSR count). The summed E-state index contributed by atoms with van der Waals surface area (Å²) in [4.78, 5) is 26.9. The zero-order chi connectivity index (χ0) is 15.8. The second-order valence-corrected chi connectivity index (χ2v) is 7.09. The van der Waals surface area contributed by atoms with E-state index in [2.05, 4.69) is 19.2 Å². The molecule has 0 radical (unpaired) electrons. The van der Waals surface area contributed by atoms with Gasteiger partial charge in [-0.2, -0.15) is 0 Å². The maximum Gasteiger partial charge on any atom is 0.248 e. The molecule has 2 aliphatic rings. The van der Waals surface area contributed by atoms with E-state index >= 15 is 0 Å². The van der Waals surface area contributed by atoms with Crippen LogP contribution in [0.3, 0.4) is 0 Å². The van der Waals surface area contributed by atoms with Gasteiger partial charge < -0.3 is 15.0 Å². The van der Waals surface area contributed by atoms with E-state index in [0.29, 0.717) is 19.4 Å². The molecule has 0 aliphatic carbocycles. The highest BCUT2D eigenvalue weighted by Crippen LogP contribution is 2.31. The van der Waals surface area contributed by atoms with E-state index in [4.69, 9.17) is 4.74 Å². The highest BCUT2D eigenvalue weighted by atomic mass is 16.5. The molecular weight excluding hydrogens is 268 g/mol. The molecule has 0 aromatic carbocycles. The molecule has 120 valence electrons. The van der Waals surface area contributed by atoms with Crippen LogP contribution in [-0.2, 0) is 14.3 Å². The minimum absolute atomic E-state index is 0.0183. The Morgan fingerprint density at radius 3 is 2.43 bits per heavy atom. The van der Waals surface area contributed by atoms with E-state index in [1.807, 2.05) is 20.8 Å². The monoisotopic (exact) mass is 296 g/mol. The maximum atomic E-state index is 12.8. The van der Waals surface area contributed by atoms with Gasteiger partial charge in [0.1, 0.15) is 11.6 Å². The molecule has 5 heteroatoms. The van der Waals surface area contributed by atoms with E-state index in [1.54, 1.807) is 4.90 Å². The molecule has 0 bridgehead atoms. The predicted molar refractivity (Wildman–Crippen MR) is 80.8 cm³/mol. The molecule has 2 aliphatic heterocycles. The van der Waals surface area contributed by atoms with Crippen molar-refractivity contribution in [2.75, 3.05) is 6.54 Å². The van der Waals surface area contributed by atoms with Crippen molar-refractivity contribution in [2.24, 2.45) is 0 Å². The molecule has 0 aromatic rings. The van der Waals surface area contributed by atoms with Crippen LogP contribution in [0.15, 0.2) is 0 Å². The number of piperazine rings is 1. The second kappa shape index (κ2) is 5.59. The third-order valence-corrected chi connectivity index (χ3v) is 4.86. The van der Waals surface area contributed by atoms with Crippen LogP contribution in [0.25, 0.3) is 0 Å². The van der Waals surface area contributed by atoms with Gasteiger partial charge in [-0.25, -0.2) is 0 Å². The average Bonchev–Trinajstić information content (AvgIpc) is 2.75. The van der Waals surface area contributed by atoms with Crippen molar-refractivity contribution >= 4 is 11.8 Å². The highest BCUT2D eigenvalue weighted by Gasteiger charge is 2.47. The maximum absolute atomic E-state index is 12.8. The standard InChI is InChI=1S/C16H28N2O3/c1-6-12-13(19)17-16(5,7-2)14(20)18(12)10-11-8-9-15(3,4)21-11/h11-12H,6-10H2,1-5H3,(H,17,19). The number of rotatable bonds is 4. The van der Waals surface area contributed by atoms with Gasteiger partial charge in [-0.05, 0) is 46.5 Å². The first-order valence-electron chi connectivity index (χ1n) is 8.03. The first-order valence-corrected chi connectivity index (χ1v) is 8.03. The Hall–Kier alpha value is -1.10. The summed E-state index contributed by atoms with van der Waals surface area (Å²) in [6.45, 7) is 10.3. The third-order valence-electron chi connectivity index (χ3n) is 4.86. The quantitative estimate of drug-likeness (QED) is 0.861. The minimum Gasteiger partial charge on any atom is -0.371 e. The molecule has 3 atom stereocenters. The molecule has 2 amide bonds. The fourth-order valence-electron chi connectivity index (χ4n) is 3.29. The van der Waals surface area contributed by atoms with Gasteiger partial charge in [-0.15, -0.1) is 0 Å². The van der Waals surface area contributed by atoms with Crippen LogP contribution in [0.2, 0.25) is 0 Å². The highest BCUT2D eigenvalue weighted by molar-refractivity contribution is 5.99. The van der Waals surface area contributed by atoms with Gasteiger partial charge in [-0.3, -0.25) is 9.59 Å². The number of ether oxygens (including phenoxy) is 1. The largest absolute Gasteiger partial charge is 0.371 e. The van der Waals surface area contributed by atoms with Crippen molar-refractivity contribution in [3.8, 4) is 0 Å². The summed E-state index contributed by atoms with van der Waals surface area (Å²) in [7, 11) is 0. The van der Waals surface area contributed by atoms with Gasteiger partial charge >= 0.3 is 0 Å². The van der Waals surface area contributed by atoms with Crippen LogP contribution in [0.1, 0.15) is 60.3 Å². The number of carbonyl (C=O) groups excluding carboxylic acids is 2. The van der Waals surface area contributed by atoms with E-state index in [9.17, 15) is 9.59 Å². The van der Waals surface area contributed by atoms with E-state index in [1.165, 1.54) is 0 Å². The summed E-state index contributed by atoms with van der Waals surface area (Å²) in [6, 6.07) is -0.371. The van der Waals surface area contributed by atoms with Crippen LogP contribution in [0.4, 0.5) is 0 Å². The number of nitrogens with zero attached hydrogens (tertiary/aromatic N) is 1. The summed E-state index contributed by atoms with van der Waals surface area (Å²) in [5.41, 5.74) is -0.904. The van der Waals surface area contributed by atoms with Crippen molar-refractivity contribution in [2.45, 2.75) is 83.6 Å². The van der Waals surface area contributed by atoms with Crippen LogP contribution >= 0.6 is 0 Å². The molecule has 2 saturated heterocycles. The summed E-state index contributed by atoms with van der Waals surface area (Å²) in [5.74, 6) is -0.0246. The second-order valence-electron chi connectivity index (χ2n) is 7.09. The summed E-state index contributed by atoms with van der Waals surface area (Å²) in [5, 5.41) is 2.89. The molecule has 0 saturated carbocycles. The van der Waals surface area contributed by atoms with Gasteiger partial charge in [-0.1, -0.05) is 13.8 Å². The van der Waals surface area contributed by atoms with Gasteiger partial charge in [0.2, 0.25) is 11.8 Å². The molecule has 21 heavy (non-hydrogen) atoms. The van der Waals surface area contributed by atoms with Gasteiger partial charge in [0, 0.05) is 6.54 Å². The lowest BCUT2D eigenvalue weighted by atomic mass is 9.91. The van der Waals surface area contributed by atoms with Crippen molar-refractivity contribution in [1.82, 2.24) is 10.2 Å². The first kappa shape index (κ1) is 16.3. The van der Waals surface area contributed by atoms with Crippen molar-refractivity contribution < 1.29 is 14.3 Å². The molecule has 1 N–H and O–H groups in total. The van der Waals surface area contributed by atoms with Crippen molar-refractivity contribution in [3.05, 3.63) is 0 Å². The Balaban J connectivity index is 2.17. The average molecular weight is 296 g/mol. The number of carbonyl (C=O) groups is 2. The molecule has 0 aromatic heterocycles. The number of hydrogen-bond acceptors (Lipinski definition) is 3. The van der Waals surface area contributed by atoms with Gasteiger partial charge in [0.05, 0.1) is 11.7 Å². The van der Waals surface area contributed by atoms with Crippen LogP contribution in [0.5, 0.6) is 0 Å². The summed E-state index contributed by atoms with van der Waals surface area (Å²) >= 11 is 0. The molecule has 5 nitrogen and oxygen atoms in total. The molecular formula is C16H28N2O3. The molecule has 2 fully saturated rings. The predicted octanol–water partition coefficient (Wildman–Crippen LogP) is 1.85. The Bertz CT molecular complexity index is 435. The Morgan fingerprint density at radius 1 is 1.29 bits per heavy atom. The number of hydrogen-bond donors (Lipinski definition) is 1. The molecule has 0 spiro atoms. The number of nitrogens with one attached hydrogen (secondary N) is 1. The molecule has 3 unspecified atom stereocenters.